The van der Waals surface area contributed by atoms with Crippen LogP contribution in [0.2, 0.25) is 0 Å². The molecule has 2 aromatic rings. The molecule has 124 valence electrons. The molecular formula is C19H17FO4. The van der Waals surface area contributed by atoms with Gasteiger partial charge >= 0.3 is 5.97 Å². The molecule has 0 spiro atoms. The van der Waals surface area contributed by atoms with Crippen LogP contribution < -0.4 is 4.74 Å². The van der Waals surface area contributed by atoms with E-state index in [2.05, 4.69) is 6.58 Å². The van der Waals surface area contributed by atoms with Gasteiger partial charge in [-0.05, 0) is 30.3 Å². The van der Waals surface area contributed by atoms with Crippen LogP contribution >= 0.6 is 0 Å². The molecule has 0 aliphatic carbocycles. The van der Waals surface area contributed by atoms with Crippen molar-refractivity contribution in [2.75, 3.05) is 7.11 Å². The molecule has 24 heavy (non-hydrogen) atoms. The molecule has 0 N–H and O–H groups in total. The molecule has 1 atom stereocenters. The lowest BCUT2D eigenvalue weighted by Crippen LogP contribution is -2.17. The Balaban J connectivity index is 2.34. The molecule has 1 unspecified atom stereocenters. The molecule has 4 nitrogen and oxygen atoms in total. The lowest BCUT2D eigenvalue weighted by Gasteiger charge is -2.19. The summed E-state index contributed by atoms with van der Waals surface area (Å²) in [4.78, 5) is 24.0. The van der Waals surface area contributed by atoms with Gasteiger partial charge in [0.25, 0.3) is 0 Å². The van der Waals surface area contributed by atoms with Crippen molar-refractivity contribution in [2.45, 2.75) is 13.0 Å². The van der Waals surface area contributed by atoms with E-state index in [1.165, 1.54) is 32.2 Å². The van der Waals surface area contributed by atoms with Crippen LogP contribution in [0.4, 0.5) is 4.39 Å². The highest BCUT2D eigenvalue weighted by molar-refractivity contribution is 6.09. The molecule has 0 fully saturated rings. The van der Waals surface area contributed by atoms with Crippen LogP contribution in [0, 0.1) is 5.82 Å². The summed E-state index contributed by atoms with van der Waals surface area (Å²) in [5, 5.41) is 0. The van der Waals surface area contributed by atoms with Gasteiger partial charge < -0.3 is 9.47 Å². The Kier molecular flexibility index (Phi) is 5.47. The van der Waals surface area contributed by atoms with Gasteiger partial charge in [-0.15, -0.1) is 0 Å². The number of ketones is 1. The third-order valence-electron chi connectivity index (χ3n) is 3.43. The van der Waals surface area contributed by atoms with Gasteiger partial charge in [0, 0.05) is 23.6 Å². The molecule has 0 radical (unpaired) electrons. The lowest BCUT2D eigenvalue weighted by atomic mass is 9.95. The molecule has 2 aromatic carbocycles. The van der Waals surface area contributed by atoms with E-state index in [-0.39, 0.29) is 11.1 Å². The predicted molar refractivity (Wildman–Crippen MR) is 87.4 cm³/mol. The van der Waals surface area contributed by atoms with Gasteiger partial charge in [0.15, 0.2) is 11.9 Å². The Morgan fingerprint density at radius 2 is 1.71 bits per heavy atom. The lowest BCUT2D eigenvalue weighted by molar-refractivity contribution is -0.144. The van der Waals surface area contributed by atoms with Crippen molar-refractivity contribution in [3.8, 4) is 5.75 Å². The molecular weight excluding hydrogens is 311 g/mol. The first kappa shape index (κ1) is 17.4. The summed E-state index contributed by atoms with van der Waals surface area (Å²) < 4.78 is 24.2. The maximum absolute atomic E-state index is 14.1. The van der Waals surface area contributed by atoms with E-state index < -0.39 is 23.7 Å². The van der Waals surface area contributed by atoms with Crippen molar-refractivity contribution in [2.24, 2.45) is 0 Å². The van der Waals surface area contributed by atoms with Crippen LogP contribution in [0.15, 0.2) is 60.7 Å². The van der Waals surface area contributed by atoms with Crippen molar-refractivity contribution in [3.63, 3.8) is 0 Å². The third kappa shape index (κ3) is 3.87. The quantitative estimate of drug-likeness (QED) is 0.459. The smallest absolute Gasteiger partial charge is 0.303 e. The number of Topliss-reactive ketones (excluding diaryl/α,β-unsaturated/α-hetero) is 1. The fourth-order valence-electron chi connectivity index (χ4n) is 2.22. The number of hydrogen-bond donors (Lipinski definition) is 0. The zero-order valence-corrected chi connectivity index (χ0v) is 13.4. The Labute approximate surface area is 139 Å². The molecule has 0 heterocycles. The minimum Gasteiger partial charge on any atom is -0.497 e. The predicted octanol–water partition coefficient (Wildman–Crippen LogP) is 3.88. The molecule has 0 saturated carbocycles. The minimum absolute atomic E-state index is 0.0273. The summed E-state index contributed by atoms with van der Waals surface area (Å²) in [7, 11) is 1.52. The molecule has 5 heteroatoms. The average molecular weight is 328 g/mol. The average Bonchev–Trinajstić information content (AvgIpc) is 2.59. The van der Waals surface area contributed by atoms with Gasteiger partial charge in [-0.1, -0.05) is 24.8 Å². The number of carbonyl (C=O) groups is 2. The van der Waals surface area contributed by atoms with Crippen molar-refractivity contribution in [1.82, 2.24) is 0 Å². The number of ether oxygens (including phenoxy) is 2. The zero-order chi connectivity index (χ0) is 17.7. The number of methoxy groups -OCH3 is 1. The number of rotatable bonds is 6. The monoisotopic (exact) mass is 328 g/mol. The fraction of sp³-hybridized carbons (Fsp3) is 0.158. The highest BCUT2D eigenvalue weighted by Crippen LogP contribution is 2.29. The second kappa shape index (κ2) is 7.55. The molecule has 0 aromatic heterocycles. The topological polar surface area (TPSA) is 52.6 Å². The summed E-state index contributed by atoms with van der Waals surface area (Å²) >= 11 is 0. The van der Waals surface area contributed by atoms with Crippen LogP contribution in [-0.4, -0.2) is 18.9 Å². The second-order valence-corrected chi connectivity index (χ2v) is 5.09. The summed E-state index contributed by atoms with van der Waals surface area (Å²) in [6, 6.07) is 12.2. The summed E-state index contributed by atoms with van der Waals surface area (Å²) in [6.45, 7) is 4.91. The first-order chi connectivity index (χ1) is 11.4. The number of hydrogen-bond acceptors (Lipinski definition) is 4. The Bertz CT molecular complexity index is 765. The Morgan fingerprint density at radius 1 is 1.08 bits per heavy atom. The van der Waals surface area contributed by atoms with Crippen molar-refractivity contribution >= 4 is 11.8 Å². The van der Waals surface area contributed by atoms with E-state index in [0.29, 0.717) is 11.3 Å². The number of halogens is 1. The molecule has 0 bridgehead atoms. The molecule has 0 aliphatic rings. The van der Waals surface area contributed by atoms with Crippen LogP contribution in [-0.2, 0) is 9.53 Å². The van der Waals surface area contributed by atoms with Gasteiger partial charge in [0.2, 0.25) is 0 Å². The highest BCUT2D eigenvalue weighted by Gasteiger charge is 2.27. The SMILES string of the molecule is C=C(C(=O)c1ccc(OC)cc1)C(OC(C)=O)c1ccccc1F. The zero-order valence-electron chi connectivity index (χ0n) is 13.4. The summed E-state index contributed by atoms with van der Waals surface area (Å²) in [6.07, 6.45) is -1.18. The normalized spacial score (nSPS) is 11.5. The van der Waals surface area contributed by atoms with Gasteiger partial charge in [-0.2, -0.15) is 0 Å². The van der Waals surface area contributed by atoms with Gasteiger partial charge in [-0.3, -0.25) is 9.59 Å². The Hall–Kier alpha value is -2.95. The van der Waals surface area contributed by atoms with Gasteiger partial charge in [0.1, 0.15) is 11.6 Å². The number of esters is 1. The maximum atomic E-state index is 14.1. The standard InChI is InChI=1S/C19H17FO4/c1-12(18(22)14-8-10-15(23-3)11-9-14)19(24-13(2)21)16-6-4-5-7-17(16)20/h4-11,19H,1H2,2-3H3. The van der Waals surface area contributed by atoms with Crippen LogP contribution in [0.25, 0.3) is 0 Å². The summed E-state index contributed by atoms with van der Waals surface area (Å²) in [5.74, 6) is -1.05. The van der Waals surface area contributed by atoms with Gasteiger partial charge in [0.05, 0.1) is 7.11 Å². The number of benzene rings is 2. The molecule has 0 amide bonds. The van der Waals surface area contributed by atoms with Crippen LogP contribution in [0.5, 0.6) is 5.75 Å². The van der Waals surface area contributed by atoms with E-state index in [0.717, 1.165) is 0 Å². The van der Waals surface area contributed by atoms with Crippen molar-refractivity contribution < 1.29 is 23.5 Å². The Morgan fingerprint density at radius 3 is 2.25 bits per heavy atom. The first-order valence-corrected chi connectivity index (χ1v) is 7.23. The van der Waals surface area contributed by atoms with Gasteiger partial charge in [-0.25, -0.2) is 4.39 Å². The van der Waals surface area contributed by atoms with E-state index in [9.17, 15) is 14.0 Å². The number of carbonyl (C=O) groups excluding carboxylic acids is 2. The minimum atomic E-state index is -1.18. The van der Waals surface area contributed by atoms with Crippen LogP contribution in [0.1, 0.15) is 28.9 Å². The third-order valence-corrected chi connectivity index (χ3v) is 3.43. The van der Waals surface area contributed by atoms with E-state index >= 15 is 0 Å². The first-order valence-electron chi connectivity index (χ1n) is 7.23. The van der Waals surface area contributed by atoms with Crippen molar-refractivity contribution in [1.29, 1.82) is 0 Å². The van der Waals surface area contributed by atoms with Crippen molar-refractivity contribution in [3.05, 3.63) is 77.6 Å². The van der Waals surface area contributed by atoms with E-state index in [1.807, 2.05) is 0 Å². The van der Waals surface area contributed by atoms with E-state index in [1.54, 1.807) is 30.3 Å². The summed E-state index contributed by atoms with van der Waals surface area (Å²) in [5.41, 5.74) is 0.398. The van der Waals surface area contributed by atoms with E-state index in [4.69, 9.17) is 9.47 Å². The fourth-order valence-corrected chi connectivity index (χ4v) is 2.22. The highest BCUT2D eigenvalue weighted by atomic mass is 19.1. The van der Waals surface area contributed by atoms with Crippen LogP contribution in [0.3, 0.4) is 0 Å². The maximum Gasteiger partial charge on any atom is 0.303 e. The molecule has 2 rings (SSSR count). The second-order valence-electron chi connectivity index (χ2n) is 5.09. The molecule has 0 saturated heterocycles. The largest absolute Gasteiger partial charge is 0.497 e. The molecule has 0 aliphatic heterocycles.